The Morgan fingerprint density at radius 3 is 2.91 bits per heavy atom. The predicted molar refractivity (Wildman–Crippen MR) is 82.3 cm³/mol. The fourth-order valence-corrected chi connectivity index (χ4v) is 4.40. The van der Waals surface area contributed by atoms with E-state index in [2.05, 4.69) is 4.98 Å². The first-order valence-electron chi connectivity index (χ1n) is 6.49. The van der Waals surface area contributed by atoms with E-state index in [-0.39, 0.29) is 34.7 Å². The van der Waals surface area contributed by atoms with E-state index in [0.29, 0.717) is 5.69 Å². The van der Waals surface area contributed by atoms with Gasteiger partial charge in [0.25, 0.3) is 10.0 Å². The SMILES string of the molecule is COc1cccc(Cl)c1S(=O)(=O)N1CCOc2ncccc21. The number of aromatic nitrogens is 1. The van der Waals surface area contributed by atoms with Gasteiger partial charge in [-0.1, -0.05) is 17.7 Å². The van der Waals surface area contributed by atoms with Crippen molar-refractivity contribution in [3.63, 3.8) is 0 Å². The highest BCUT2D eigenvalue weighted by molar-refractivity contribution is 7.93. The van der Waals surface area contributed by atoms with E-state index in [1.807, 2.05) is 0 Å². The number of nitrogens with zero attached hydrogens (tertiary/aromatic N) is 2. The van der Waals surface area contributed by atoms with E-state index in [4.69, 9.17) is 21.1 Å². The smallest absolute Gasteiger partial charge is 0.269 e. The fraction of sp³-hybridized carbons (Fsp3) is 0.214. The Balaban J connectivity index is 2.17. The molecule has 1 aliphatic rings. The summed E-state index contributed by atoms with van der Waals surface area (Å²) in [6.07, 6.45) is 1.55. The van der Waals surface area contributed by atoms with Crippen LogP contribution in [0.15, 0.2) is 41.4 Å². The molecule has 0 N–H and O–H groups in total. The summed E-state index contributed by atoms with van der Waals surface area (Å²) in [5, 5.41) is 0.108. The topological polar surface area (TPSA) is 68.7 Å². The summed E-state index contributed by atoms with van der Waals surface area (Å²) in [6, 6.07) is 8.00. The zero-order valence-corrected chi connectivity index (χ0v) is 13.3. The van der Waals surface area contributed by atoms with Crippen molar-refractivity contribution in [3.05, 3.63) is 41.6 Å². The van der Waals surface area contributed by atoms with Gasteiger partial charge < -0.3 is 9.47 Å². The minimum absolute atomic E-state index is 0.0594. The van der Waals surface area contributed by atoms with Crippen LogP contribution in [0.4, 0.5) is 5.69 Å². The molecule has 0 saturated heterocycles. The van der Waals surface area contributed by atoms with Gasteiger partial charge in [0.1, 0.15) is 22.9 Å². The van der Waals surface area contributed by atoms with Crippen molar-refractivity contribution >= 4 is 27.3 Å². The van der Waals surface area contributed by atoms with Crippen LogP contribution in [-0.4, -0.2) is 33.7 Å². The highest BCUT2D eigenvalue weighted by Crippen LogP contribution is 2.38. The van der Waals surface area contributed by atoms with Crippen LogP contribution in [0.25, 0.3) is 0 Å². The second-order valence-corrected chi connectivity index (χ2v) is 6.73. The molecule has 0 bridgehead atoms. The molecule has 6 nitrogen and oxygen atoms in total. The van der Waals surface area contributed by atoms with Crippen molar-refractivity contribution in [1.82, 2.24) is 4.98 Å². The van der Waals surface area contributed by atoms with E-state index in [9.17, 15) is 8.42 Å². The van der Waals surface area contributed by atoms with Crippen LogP contribution < -0.4 is 13.8 Å². The summed E-state index contributed by atoms with van der Waals surface area (Å²) in [5.41, 5.74) is 0.385. The van der Waals surface area contributed by atoms with Gasteiger partial charge in [-0.15, -0.1) is 0 Å². The largest absolute Gasteiger partial charge is 0.495 e. The number of pyridine rings is 1. The number of methoxy groups -OCH3 is 1. The molecule has 2 aromatic rings. The van der Waals surface area contributed by atoms with Crippen LogP contribution in [-0.2, 0) is 10.0 Å². The third-order valence-electron chi connectivity index (χ3n) is 3.25. The number of sulfonamides is 1. The van der Waals surface area contributed by atoms with Gasteiger partial charge in [-0.05, 0) is 24.3 Å². The van der Waals surface area contributed by atoms with E-state index in [0.717, 1.165) is 0 Å². The number of anilines is 1. The van der Waals surface area contributed by atoms with Gasteiger partial charge in [-0.25, -0.2) is 13.4 Å². The summed E-state index contributed by atoms with van der Waals surface area (Å²) in [4.78, 5) is 3.99. The van der Waals surface area contributed by atoms with Crippen molar-refractivity contribution < 1.29 is 17.9 Å². The first-order valence-corrected chi connectivity index (χ1v) is 8.30. The van der Waals surface area contributed by atoms with Gasteiger partial charge in [0, 0.05) is 6.20 Å². The van der Waals surface area contributed by atoms with Crippen molar-refractivity contribution in [2.75, 3.05) is 24.6 Å². The quantitative estimate of drug-likeness (QED) is 0.857. The Hall–Kier alpha value is -1.99. The predicted octanol–water partition coefficient (Wildman–Crippen LogP) is 2.33. The van der Waals surface area contributed by atoms with E-state index in [1.54, 1.807) is 30.5 Å². The average Bonchev–Trinajstić information content (AvgIpc) is 2.53. The Labute approximate surface area is 133 Å². The van der Waals surface area contributed by atoms with Gasteiger partial charge in [0.05, 0.1) is 18.7 Å². The molecular weight excluding hydrogens is 328 g/mol. The maximum Gasteiger partial charge on any atom is 0.269 e. The second kappa shape index (κ2) is 5.66. The van der Waals surface area contributed by atoms with Crippen LogP contribution in [0, 0.1) is 0 Å². The molecule has 1 aromatic carbocycles. The molecule has 0 spiro atoms. The first kappa shape index (κ1) is 14.9. The summed E-state index contributed by atoms with van der Waals surface area (Å²) >= 11 is 6.11. The van der Waals surface area contributed by atoms with Gasteiger partial charge in [0.2, 0.25) is 5.88 Å². The lowest BCUT2D eigenvalue weighted by Crippen LogP contribution is -2.38. The first-order chi connectivity index (χ1) is 10.6. The highest BCUT2D eigenvalue weighted by Gasteiger charge is 2.34. The molecule has 0 amide bonds. The van der Waals surface area contributed by atoms with Crippen LogP contribution in [0.1, 0.15) is 0 Å². The molecule has 0 saturated carbocycles. The molecule has 22 heavy (non-hydrogen) atoms. The lowest BCUT2D eigenvalue weighted by Gasteiger charge is -2.30. The highest BCUT2D eigenvalue weighted by atomic mass is 35.5. The van der Waals surface area contributed by atoms with E-state index in [1.165, 1.54) is 17.5 Å². The Kier molecular flexibility index (Phi) is 3.84. The average molecular weight is 341 g/mol. The van der Waals surface area contributed by atoms with Crippen molar-refractivity contribution in [1.29, 1.82) is 0 Å². The third-order valence-corrected chi connectivity index (χ3v) is 5.58. The summed E-state index contributed by atoms with van der Waals surface area (Å²) in [5.74, 6) is 0.479. The van der Waals surface area contributed by atoms with Crippen LogP contribution in [0.3, 0.4) is 0 Å². The summed E-state index contributed by atoms with van der Waals surface area (Å²) in [6.45, 7) is 0.394. The van der Waals surface area contributed by atoms with Crippen LogP contribution >= 0.6 is 11.6 Å². The number of rotatable bonds is 3. The number of fused-ring (bicyclic) bond motifs is 1. The maximum atomic E-state index is 13.0. The molecule has 8 heteroatoms. The van der Waals surface area contributed by atoms with E-state index < -0.39 is 10.0 Å². The molecule has 0 unspecified atom stereocenters. The van der Waals surface area contributed by atoms with Crippen LogP contribution in [0.2, 0.25) is 5.02 Å². The van der Waals surface area contributed by atoms with E-state index >= 15 is 0 Å². The van der Waals surface area contributed by atoms with Gasteiger partial charge in [0.15, 0.2) is 0 Å². The van der Waals surface area contributed by atoms with Gasteiger partial charge in [-0.2, -0.15) is 0 Å². The molecule has 1 aromatic heterocycles. The molecule has 0 aliphatic carbocycles. The van der Waals surface area contributed by atoms with Gasteiger partial charge in [-0.3, -0.25) is 4.31 Å². The summed E-state index contributed by atoms with van der Waals surface area (Å²) < 4.78 is 37.8. The van der Waals surface area contributed by atoms with Crippen LogP contribution in [0.5, 0.6) is 11.6 Å². The molecular formula is C14H13ClN2O4S. The molecule has 2 heterocycles. The number of hydrogen-bond acceptors (Lipinski definition) is 5. The van der Waals surface area contributed by atoms with Gasteiger partial charge >= 0.3 is 0 Å². The normalized spacial score (nSPS) is 14.2. The molecule has 0 fully saturated rings. The minimum atomic E-state index is -3.89. The monoisotopic (exact) mass is 340 g/mol. The third kappa shape index (κ3) is 2.36. The Morgan fingerprint density at radius 1 is 1.32 bits per heavy atom. The summed E-state index contributed by atoms with van der Waals surface area (Å²) in [7, 11) is -2.49. The van der Waals surface area contributed by atoms with Crippen molar-refractivity contribution in [2.45, 2.75) is 4.90 Å². The maximum absolute atomic E-state index is 13.0. The Morgan fingerprint density at radius 2 is 2.14 bits per heavy atom. The Bertz CT molecular complexity index is 810. The zero-order valence-electron chi connectivity index (χ0n) is 11.7. The zero-order chi connectivity index (χ0) is 15.7. The minimum Gasteiger partial charge on any atom is -0.495 e. The standard InChI is InChI=1S/C14H13ClN2O4S/c1-20-12-6-2-4-10(15)13(12)22(18,19)17-8-9-21-14-11(17)5-3-7-16-14/h2-7H,8-9H2,1H3. The number of benzene rings is 1. The molecule has 1 aliphatic heterocycles. The lowest BCUT2D eigenvalue weighted by atomic mass is 10.3. The molecule has 0 radical (unpaired) electrons. The van der Waals surface area contributed by atoms with Crippen molar-refractivity contribution in [2.24, 2.45) is 0 Å². The number of halogens is 1. The number of hydrogen-bond donors (Lipinski definition) is 0. The molecule has 116 valence electrons. The lowest BCUT2D eigenvalue weighted by molar-refractivity contribution is 0.303. The number of ether oxygens (including phenoxy) is 2. The fourth-order valence-electron chi connectivity index (χ4n) is 2.29. The van der Waals surface area contributed by atoms with Crippen molar-refractivity contribution in [3.8, 4) is 11.6 Å². The molecule has 3 rings (SSSR count). The second-order valence-electron chi connectivity index (χ2n) is 4.52. The molecule has 0 atom stereocenters.